The molecule has 0 saturated carbocycles. The summed E-state index contributed by atoms with van der Waals surface area (Å²) in [6.07, 6.45) is 0. The molecule has 0 fully saturated rings. The highest BCUT2D eigenvalue weighted by Gasteiger charge is 2.32. The summed E-state index contributed by atoms with van der Waals surface area (Å²) < 4.78 is 13.2. The smallest absolute Gasteiger partial charge is 0.322 e. The minimum absolute atomic E-state index is 0.162. The Hall–Kier alpha value is -2.03. The maximum atomic E-state index is 13.3. The average Bonchev–Trinajstić information content (AvgIpc) is 2.21. The van der Waals surface area contributed by atoms with Crippen LogP contribution in [0.1, 0.15) is 11.5 Å². The number of halogens is 2. The van der Waals surface area contributed by atoms with Crippen molar-refractivity contribution < 1.29 is 29.1 Å². The van der Waals surface area contributed by atoms with Crippen LogP contribution in [-0.4, -0.2) is 27.1 Å². The molecule has 0 spiro atoms. The van der Waals surface area contributed by atoms with Crippen LogP contribution < -0.4 is 0 Å². The Morgan fingerprint density at radius 3 is 2.22 bits per heavy atom. The van der Waals surface area contributed by atoms with Crippen molar-refractivity contribution in [3.63, 3.8) is 0 Å². The predicted molar refractivity (Wildman–Crippen MR) is 58.8 cm³/mol. The Labute approximate surface area is 107 Å². The molecule has 9 heteroatoms. The Morgan fingerprint density at radius 1 is 1.33 bits per heavy atom. The zero-order valence-corrected chi connectivity index (χ0v) is 10.0. The Morgan fingerprint density at radius 2 is 1.83 bits per heavy atom. The summed E-state index contributed by atoms with van der Waals surface area (Å²) in [6.45, 7) is 0. The van der Waals surface area contributed by atoms with Gasteiger partial charge in [-0.3, -0.25) is 19.7 Å². The maximum Gasteiger partial charge on any atom is 0.322 e. The van der Waals surface area contributed by atoms with Gasteiger partial charge in [-0.1, -0.05) is 15.9 Å². The van der Waals surface area contributed by atoms with Crippen molar-refractivity contribution in [3.8, 4) is 0 Å². The molecule has 0 amide bonds. The van der Waals surface area contributed by atoms with Gasteiger partial charge in [0.05, 0.1) is 4.92 Å². The highest BCUT2D eigenvalue weighted by molar-refractivity contribution is 9.10. The van der Waals surface area contributed by atoms with Crippen LogP contribution in [0, 0.1) is 15.9 Å². The highest BCUT2D eigenvalue weighted by atomic mass is 79.9. The fraction of sp³-hybridized carbons (Fsp3) is 0.111. The molecule has 1 aromatic carbocycles. The molecule has 0 aliphatic heterocycles. The van der Waals surface area contributed by atoms with Gasteiger partial charge in [-0.25, -0.2) is 0 Å². The minimum atomic E-state index is -2.00. The van der Waals surface area contributed by atoms with Crippen molar-refractivity contribution in [1.29, 1.82) is 0 Å². The molecule has 96 valence electrons. The van der Waals surface area contributed by atoms with E-state index in [1.54, 1.807) is 0 Å². The van der Waals surface area contributed by atoms with Gasteiger partial charge in [0, 0.05) is 10.5 Å². The number of carbonyl (C=O) groups is 2. The molecular weight excluding hydrogens is 317 g/mol. The van der Waals surface area contributed by atoms with Gasteiger partial charge < -0.3 is 10.2 Å². The molecule has 0 heterocycles. The summed E-state index contributed by atoms with van der Waals surface area (Å²) in [6, 6.07) is 1.25. The maximum absolute atomic E-state index is 13.3. The molecule has 1 aromatic rings. The molecule has 1 rings (SSSR count). The second kappa shape index (κ2) is 5.08. The molecule has 7 nitrogen and oxygen atoms in total. The first-order valence-electron chi connectivity index (χ1n) is 4.34. The van der Waals surface area contributed by atoms with Crippen molar-refractivity contribution in [1.82, 2.24) is 0 Å². The molecule has 0 unspecified atom stereocenters. The van der Waals surface area contributed by atoms with Crippen molar-refractivity contribution in [3.05, 3.63) is 38.1 Å². The zero-order valence-electron chi connectivity index (χ0n) is 8.46. The highest BCUT2D eigenvalue weighted by Crippen LogP contribution is 2.31. The summed E-state index contributed by atoms with van der Waals surface area (Å²) in [4.78, 5) is 31.0. The number of carboxylic acids is 2. The van der Waals surface area contributed by atoms with Crippen molar-refractivity contribution in [2.75, 3.05) is 0 Å². The summed E-state index contributed by atoms with van der Waals surface area (Å²) in [7, 11) is 0. The first-order valence-corrected chi connectivity index (χ1v) is 5.14. The lowest BCUT2D eigenvalue weighted by molar-refractivity contribution is -0.387. The third-order valence-electron chi connectivity index (χ3n) is 2.07. The van der Waals surface area contributed by atoms with E-state index in [0.29, 0.717) is 6.07 Å². The monoisotopic (exact) mass is 321 g/mol. The number of nitrogens with zero attached hydrogens (tertiary/aromatic N) is 1. The zero-order chi connectivity index (χ0) is 14.0. The number of aliphatic carboxylic acids is 2. The summed E-state index contributed by atoms with van der Waals surface area (Å²) in [5, 5.41) is 27.9. The standard InChI is InChI=1S/C9H5BrFNO6/c10-4-2-6(12(17)18)5(11)1-3(4)7(8(13)14)9(15)16/h1-2,7H,(H,13,14)(H,15,16). The van der Waals surface area contributed by atoms with E-state index in [2.05, 4.69) is 15.9 Å². The molecule has 0 aromatic heterocycles. The van der Waals surface area contributed by atoms with Gasteiger partial charge in [-0.2, -0.15) is 4.39 Å². The van der Waals surface area contributed by atoms with E-state index in [4.69, 9.17) is 10.2 Å². The van der Waals surface area contributed by atoms with Crippen LogP contribution in [0.3, 0.4) is 0 Å². The van der Waals surface area contributed by atoms with Gasteiger partial charge in [0.15, 0.2) is 5.92 Å². The van der Waals surface area contributed by atoms with Crippen LogP contribution in [0.15, 0.2) is 16.6 Å². The van der Waals surface area contributed by atoms with Gasteiger partial charge >= 0.3 is 17.6 Å². The molecular formula is C9H5BrFNO6. The Bertz CT molecular complexity index is 532. The fourth-order valence-corrected chi connectivity index (χ4v) is 1.84. The van der Waals surface area contributed by atoms with Gasteiger partial charge in [-0.05, 0) is 11.6 Å². The van der Waals surface area contributed by atoms with Crippen LogP contribution >= 0.6 is 15.9 Å². The molecule has 2 N–H and O–H groups in total. The number of benzene rings is 1. The fourth-order valence-electron chi connectivity index (χ4n) is 1.28. The molecule has 0 saturated heterocycles. The summed E-state index contributed by atoms with van der Waals surface area (Å²) in [5.74, 6) is -6.70. The quantitative estimate of drug-likeness (QED) is 0.495. The third kappa shape index (κ3) is 2.62. The first kappa shape index (κ1) is 14.0. The van der Waals surface area contributed by atoms with E-state index in [1.165, 1.54) is 0 Å². The first-order chi connectivity index (χ1) is 8.25. The molecule has 0 atom stereocenters. The Balaban J connectivity index is 3.43. The summed E-state index contributed by atoms with van der Waals surface area (Å²) >= 11 is 2.79. The molecule has 0 bridgehead atoms. The lowest BCUT2D eigenvalue weighted by Crippen LogP contribution is -2.21. The number of nitro groups is 1. The van der Waals surface area contributed by atoms with E-state index in [-0.39, 0.29) is 4.47 Å². The number of hydrogen-bond acceptors (Lipinski definition) is 4. The van der Waals surface area contributed by atoms with E-state index in [9.17, 15) is 24.1 Å². The minimum Gasteiger partial charge on any atom is -0.480 e. The summed E-state index contributed by atoms with van der Waals surface area (Å²) in [5.41, 5.74) is -1.28. The SMILES string of the molecule is O=C(O)C(C(=O)O)c1cc(F)c([N+](=O)[O-])cc1Br. The molecule has 0 aliphatic carbocycles. The number of rotatable bonds is 4. The molecule has 0 aliphatic rings. The van der Waals surface area contributed by atoms with E-state index < -0.39 is 39.8 Å². The number of nitro benzene ring substituents is 1. The largest absolute Gasteiger partial charge is 0.480 e. The molecule has 0 radical (unpaired) electrons. The van der Waals surface area contributed by atoms with Crippen LogP contribution in [-0.2, 0) is 9.59 Å². The Kier molecular flexibility index (Phi) is 3.96. The molecule has 18 heavy (non-hydrogen) atoms. The number of carboxylic acid groups (broad SMARTS) is 2. The second-order valence-electron chi connectivity index (χ2n) is 3.19. The number of hydrogen-bond donors (Lipinski definition) is 2. The van der Waals surface area contributed by atoms with E-state index in [0.717, 1.165) is 6.07 Å². The van der Waals surface area contributed by atoms with Crippen molar-refractivity contribution in [2.24, 2.45) is 0 Å². The van der Waals surface area contributed by atoms with Gasteiger partial charge in [0.1, 0.15) is 0 Å². The average molecular weight is 322 g/mol. The van der Waals surface area contributed by atoms with Crippen LogP contribution in [0.2, 0.25) is 0 Å². The van der Waals surface area contributed by atoms with Crippen molar-refractivity contribution in [2.45, 2.75) is 5.92 Å². The lowest BCUT2D eigenvalue weighted by atomic mass is 9.99. The van der Waals surface area contributed by atoms with Crippen LogP contribution in [0.4, 0.5) is 10.1 Å². The predicted octanol–water partition coefficient (Wildman–Crippen LogP) is 1.75. The van der Waals surface area contributed by atoms with Gasteiger partial charge in [-0.15, -0.1) is 0 Å². The van der Waals surface area contributed by atoms with E-state index in [1.807, 2.05) is 0 Å². The third-order valence-corrected chi connectivity index (χ3v) is 2.75. The van der Waals surface area contributed by atoms with E-state index >= 15 is 0 Å². The van der Waals surface area contributed by atoms with Crippen LogP contribution in [0.5, 0.6) is 0 Å². The van der Waals surface area contributed by atoms with Crippen molar-refractivity contribution >= 4 is 33.6 Å². The topological polar surface area (TPSA) is 118 Å². The second-order valence-corrected chi connectivity index (χ2v) is 4.05. The lowest BCUT2D eigenvalue weighted by Gasteiger charge is -2.10. The van der Waals surface area contributed by atoms with Crippen LogP contribution in [0.25, 0.3) is 0 Å². The normalized spacial score (nSPS) is 10.4. The van der Waals surface area contributed by atoms with Gasteiger partial charge in [0.2, 0.25) is 5.82 Å². The van der Waals surface area contributed by atoms with Gasteiger partial charge in [0.25, 0.3) is 0 Å².